The lowest BCUT2D eigenvalue weighted by atomic mass is 10.0. The van der Waals surface area contributed by atoms with Crippen LogP contribution < -0.4 is 0 Å². The van der Waals surface area contributed by atoms with Gasteiger partial charge in [-0.15, -0.1) is 0 Å². The van der Waals surface area contributed by atoms with E-state index in [2.05, 4.69) is 4.98 Å². The van der Waals surface area contributed by atoms with E-state index in [1.54, 1.807) is 45.0 Å². The molecular weight excluding hydrogens is 313 g/mol. The Labute approximate surface area is 139 Å². The van der Waals surface area contributed by atoms with Gasteiger partial charge in [0.1, 0.15) is 5.57 Å². The maximum absolute atomic E-state index is 14.4. The maximum atomic E-state index is 14.4. The predicted molar refractivity (Wildman–Crippen MR) is 87.7 cm³/mol. The second-order valence-corrected chi connectivity index (χ2v) is 4.96. The van der Waals surface area contributed by atoms with Gasteiger partial charge in [0.05, 0.1) is 18.7 Å². The van der Waals surface area contributed by atoms with E-state index in [4.69, 9.17) is 9.47 Å². The molecule has 1 heterocycles. The van der Waals surface area contributed by atoms with Gasteiger partial charge in [0, 0.05) is 10.9 Å². The fourth-order valence-electron chi connectivity index (χ4n) is 2.29. The van der Waals surface area contributed by atoms with Crippen LogP contribution in [-0.4, -0.2) is 30.1 Å². The summed E-state index contributed by atoms with van der Waals surface area (Å²) in [5.41, 5.74) is 0.769. The Kier molecular flexibility index (Phi) is 5.63. The number of carbonyl (C=O) groups is 2. The third kappa shape index (κ3) is 3.59. The summed E-state index contributed by atoms with van der Waals surface area (Å²) >= 11 is 0. The number of aryl methyl sites for hydroxylation is 1. The van der Waals surface area contributed by atoms with Crippen LogP contribution in [0.5, 0.6) is 0 Å². The summed E-state index contributed by atoms with van der Waals surface area (Å²) in [5.74, 6) is -2.48. The molecule has 0 N–H and O–H groups in total. The van der Waals surface area contributed by atoms with Crippen molar-refractivity contribution in [1.82, 2.24) is 4.98 Å². The van der Waals surface area contributed by atoms with Crippen molar-refractivity contribution in [3.63, 3.8) is 0 Å². The molecule has 1 aromatic heterocycles. The second-order valence-electron chi connectivity index (χ2n) is 4.96. The first-order valence-corrected chi connectivity index (χ1v) is 7.60. The van der Waals surface area contributed by atoms with E-state index in [1.165, 1.54) is 0 Å². The molecule has 0 atom stereocenters. The number of fused-ring (bicyclic) bond motifs is 1. The molecule has 126 valence electrons. The molecule has 24 heavy (non-hydrogen) atoms. The molecule has 0 aliphatic carbocycles. The zero-order valence-electron chi connectivity index (χ0n) is 13.8. The van der Waals surface area contributed by atoms with E-state index < -0.39 is 17.9 Å². The van der Waals surface area contributed by atoms with Crippen molar-refractivity contribution in [2.45, 2.75) is 20.8 Å². The van der Waals surface area contributed by atoms with Crippen molar-refractivity contribution in [3.8, 4) is 0 Å². The van der Waals surface area contributed by atoms with Gasteiger partial charge in [0.25, 0.3) is 0 Å². The Bertz CT molecular complexity index is 794. The lowest BCUT2D eigenvalue weighted by molar-refractivity contribution is -0.146. The third-order valence-corrected chi connectivity index (χ3v) is 3.43. The highest BCUT2D eigenvalue weighted by molar-refractivity contribution is 6.18. The quantitative estimate of drug-likeness (QED) is 0.277. The van der Waals surface area contributed by atoms with Crippen LogP contribution in [-0.2, 0) is 19.1 Å². The number of ether oxygens (including phenoxy) is 2. The van der Waals surface area contributed by atoms with Crippen molar-refractivity contribution in [1.29, 1.82) is 0 Å². The highest BCUT2D eigenvalue weighted by atomic mass is 19.1. The number of pyridine rings is 1. The summed E-state index contributed by atoms with van der Waals surface area (Å²) in [6.45, 7) is 5.11. The van der Waals surface area contributed by atoms with Crippen LogP contribution in [0.25, 0.3) is 17.0 Å². The van der Waals surface area contributed by atoms with E-state index in [0.717, 1.165) is 11.5 Å². The van der Waals surface area contributed by atoms with E-state index in [1.807, 2.05) is 0 Å². The number of benzene rings is 1. The number of nitrogens with zero attached hydrogens (tertiary/aromatic N) is 1. The summed E-state index contributed by atoms with van der Waals surface area (Å²) in [4.78, 5) is 27.9. The van der Waals surface area contributed by atoms with Crippen molar-refractivity contribution in [2.75, 3.05) is 13.2 Å². The molecule has 0 aliphatic rings. The molecule has 0 saturated carbocycles. The summed E-state index contributed by atoms with van der Waals surface area (Å²) < 4.78 is 24.1. The smallest absolute Gasteiger partial charge is 0.345 e. The zero-order chi connectivity index (χ0) is 17.7. The maximum Gasteiger partial charge on any atom is 0.345 e. The molecule has 0 fully saturated rings. The molecule has 0 radical (unpaired) electrons. The van der Waals surface area contributed by atoms with Gasteiger partial charge in [0.2, 0.25) is 5.95 Å². The lowest BCUT2D eigenvalue weighted by Crippen LogP contribution is -2.18. The van der Waals surface area contributed by atoms with Crippen molar-refractivity contribution in [2.24, 2.45) is 0 Å². The van der Waals surface area contributed by atoms with Crippen LogP contribution >= 0.6 is 0 Å². The summed E-state index contributed by atoms with van der Waals surface area (Å²) in [5, 5.41) is 0.734. The zero-order valence-corrected chi connectivity index (χ0v) is 13.8. The van der Waals surface area contributed by atoms with E-state index in [9.17, 15) is 14.0 Å². The van der Waals surface area contributed by atoms with Crippen LogP contribution in [0.3, 0.4) is 0 Å². The largest absolute Gasteiger partial charge is 0.462 e. The molecule has 2 rings (SSSR count). The molecule has 0 spiro atoms. The summed E-state index contributed by atoms with van der Waals surface area (Å²) in [6, 6.07) is 7.05. The minimum Gasteiger partial charge on any atom is -0.462 e. The average molecular weight is 331 g/mol. The molecular formula is C18H18FNO4. The molecule has 1 aromatic carbocycles. The first-order chi connectivity index (χ1) is 11.5. The standard InChI is InChI=1S/C18H18FNO4/c1-4-23-17(21)14(18(22)24-5-2)10-13-11(3)12-8-6-7-9-15(12)20-16(13)19/h6-10H,4-5H2,1-3H3. The number of esters is 2. The molecule has 2 aromatic rings. The molecule has 0 amide bonds. The van der Waals surface area contributed by atoms with Gasteiger partial charge in [-0.2, -0.15) is 4.39 Å². The number of hydrogen-bond acceptors (Lipinski definition) is 5. The topological polar surface area (TPSA) is 65.5 Å². The molecule has 6 heteroatoms. The van der Waals surface area contributed by atoms with E-state index >= 15 is 0 Å². The number of hydrogen-bond donors (Lipinski definition) is 0. The number of halogens is 1. The average Bonchev–Trinajstić information content (AvgIpc) is 2.55. The highest BCUT2D eigenvalue weighted by Crippen LogP contribution is 2.24. The molecule has 0 unspecified atom stereocenters. The third-order valence-electron chi connectivity index (χ3n) is 3.43. The van der Waals surface area contributed by atoms with Crippen LogP contribution in [0.2, 0.25) is 0 Å². The van der Waals surface area contributed by atoms with E-state index in [0.29, 0.717) is 11.1 Å². The first-order valence-electron chi connectivity index (χ1n) is 7.60. The number of para-hydroxylation sites is 1. The van der Waals surface area contributed by atoms with Crippen molar-refractivity contribution >= 4 is 28.9 Å². The van der Waals surface area contributed by atoms with E-state index in [-0.39, 0.29) is 24.4 Å². The molecule has 5 nitrogen and oxygen atoms in total. The van der Waals surface area contributed by atoms with Crippen molar-refractivity contribution < 1.29 is 23.5 Å². The first kappa shape index (κ1) is 17.6. The molecule has 0 saturated heterocycles. The van der Waals surface area contributed by atoms with Crippen LogP contribution in [0.1, 0.15) is 25.0 Å². The Morgan fingerprint density at radius 1 is 1.12 bits per heavy atom. The Morgan fingerprint density at radius 2 is 1.71 bits per heavy atom. The normalized spacial score (nSPS) is 10.3. The van der Waals surface area contributed by atoms with Gasteiger partial charge in [-0.25, -0.2) is 14.6 Å². The lowest BCUT2D eigenvalue weighted by Gasteiger charge is -2.10. The Balaban J connectivity index is 2.61. The monoisotopic (exact) mass is 331 g/mol. The van der Waals surface area contributed by atoms with Crippen LogP contribution in [0.4, 0.5) is 4.39 Å². The Morgan fingerprint density at radius 3 is 2.29 bits per heavy atom. The fraction of sp³-hybridized carbons (Fsp3) is 0.278. The number of carbonyl (C=O) groups excluding carboxylic acids is 2. The Hall–Kier alpha value is -2.76. The van der Waals surface area contributed by atoms with Gasteiger partial charge >= 0.3 is 11.9 Å². The fourth-order valence-corrected chi connectivity index (χ4v) is 2.29. The van der Waals surface area contributed by atoms with Crippen LogP contribution in [0, 0.1) is 12.9 Å². The van der Waals surface area contributed by atoms with Crippen LogP contribution in [0.15, 0.2) is 29.8 Å². The highest BCUT2D eigenvalue weighted by Gasteiger charge is 2.23. The van der Waals surface area contributed by atoms with Gasteiger partial charge in [-0.05, 0) is 38.5 Å². The second kappa shape index (κ2) is 7.68. The minimum absolute atomic E-state index is 0.0600. The van der Waals surface area contributed by atoms with Gasteiger partial charge in [0.15, 0.2) is 0 Å². The summed E-state index contributed by atoms with van der Waals surface area (Å²) in [6.07, 6.45) is 1.14. The van der Waals surface area contributed by atoms with Gasteiger partial charge < -0.3 is 9.47 Å². The number of aromatic nitrogens is 1. The van der Waals surface area contributed by atoms with Gasteiger partial charge in [-0.1, -0.05) is 18.2 Å². The molecule has 0 bridgehead atoms. The van der Waals surface area contributed by atoms with Gasteiger partial charge in [-0.3, -0.25) is 0 Å². The predicted octanol–water partition coefficient (Wildman–Crippen LogP) is 3.19. The number of rotatable bonds is 5. The SMILES string of the molecule is CCOC(=O)C(=Cc1c(F)nc2ccccc2c1C)C(=O)OCC. The van der Waals surface area contributed by atoms with Crippen molar-refractivity contribution in [3.05, 3.63) is 46.9 Å². The summed E-state index contributed by atoms with van der Waals surface area (Å²) in [7, 11) is 0. The molecule has 0 aliphatic heterocycles. The minimum atomic E-state index is -0.858.